The minimum absolute atomic E-state index is 0.529. The maximum Gasteiger partial charge on any atom is 0.169 e. The largest absolute Gasteiger partial charge is 0.382 e. The Labute approximate surface area is 80.2 Å². The lowest BCUT2D eigenvalue weighted by Gasteiger charge is -2.01. The van der Waals surface area contributed by atoms with Gasteiger partial charge in [0.25, 0.3) is 0 Å². The molecular weight excluding hydrogens is 184 g/mol. The second-order valence-corrected chi connectivity index (χ2v) is 3.81. The third kappa shape index (κ3) is 1.47. The molecule has 0 aliphatic rings. The monoisotopic (exact) mass is 194 g/mol. The summed E-state index contributed by atoms with van der Waals surface area (Å²) >= 11 is 1.65. The number of nitrogen functional groups attached to an aromatic ring is 1. The van der Waals surface area contributed by atoms with Crippen molar-refractivity contribution in [1.29, 1.82) is 0 Å². The predicted octanol–water partition coefficient (Wildman–Crippen LogP) is 1.42. The fraction of sp³-hybridized carbons (Fsp3) is 0.250. The third-order valence-electron chi connectivity index (χ3n) is 1.64. The molecule has 0 fully saturated rings. The van der Waals surface area contributed by atoms with E-state index in [1.807, 2.05) is 10.6 Å². The van der Waals surface area contributed by atoms with Crippen LogP contribution in [0.15, 0.2) is 23.6 Å². The quantitative estimate of drug-likeness (QED) is 0.735. The molecule has 13 heavy (non-hydrogen) atoms. The zero-order chi connectivity index (χ0) is 9.26. The molecule has 2 rings (SSSR count). The van der Waals surface area contributed by atoms with Crippen LogP contribution >= 0.6 is 11.8 Å². The van der Waals surface area contributed by atoms with Crippen LogP contribution in [0.25, 0.3) is 5.65 Å². The van der Waals surface area contributed by atoms with E-state index < -0.39 is 0 Å². The number of nitrogens with two attached hydrogens (primary N) is 1. The SMILES string of the molecule is CCSc1nc(N)cn2ccnc12. The molecule has 5 heteroatoms. The van der Waals surface area contributed by atoms with Crippen molar-refractivity contribution in [3.63, 3.8) is 0 Å². The molecule has 0 unspecified atom stereocenters. The fourth-order valence-electron chi connectivity index (χ4n) is 1.16. The summed E-state index contributed by atoms with van der Waals surface area (Å²) in [5.41, 5.74) is 6.52. The molecule has 0 aliphatic heterocycles. The van der Waals surface area contributed by atoms with E-state index in [9.17, 15) is 0 Å². The number of fused-ring (bicyclic) bond motifs is 1. The molecule has 0 aliphatic carbocycles. The first-order chi connectivity index (χ1) is 6.31. The minimum atomic E-state index is 0.529. The summed E-state index contributed by atoms with van der Waals surface area (Å²) in [5, 5.41) is 0.896. The summed E-state index contributed by atoms with van der Waals surface area (Å²) in [6.07, 6.45) is 5.38. The van der Waals surface area contributed by atoms with Crippen LogP contribution in [0, 0.1) is 0 Å². The minimum Gasteiger partial charge on any atom is -0.382 e. The summed E-state index contributed by atoms with van der Waals surface area (Å²) in [6, 6.07) is 0. The first kappa shape index (κ1) is 8.37. The molecule has 2 N–H and O–H groups in total. The normalized spacial score (nSPS) is 10.8. The predicted molar refractivity (Wildman–Crippen MR) is 53.8 cm³/mol. The van der Waals surface area contributed by atoms with E-state index in [0.29, 0.717) is 5.82 Å². The van der Waals surface area contributed by atoms with E-state index in [1.165, 1.54) is 0 Å². The summed E-state index contributed by atoms with van der Waals surface area (Å²) in [4.78, 5) is 8.42. The molecule has 0 saturated carbocycles. The zero-order valence-corrected chi connectivity index (χ0v) is 8.08. The zero-order valence-electron chi connectivity index (χ0n) is 7.27. The van der Waals surface area contributed by atoms with Crippen LogP contribution in [-0.2, 0) is 0 Å². The molecule has 0 aromatic carbocycles. The van der Waals surface area contributed by atoms with Gasteiger partial charge >= 0.3 is 0 Å². The average Bonchev–Trinajstić information content (AvgIpc) is 2.52. The van der Waals surface area contributed by atoms with E-state index in [1.54, 1.807) is 24.2 Å². The van der Waals surface area contributed by atoms with Crippen LogP contribution in [0.4, 0.5) is 5.82 Å². The third-order valence-corrected chi connectivity index (χ3v) is 2.48. The van der Waals surface area contributed by atoms with Gasteiger partial charge in [-0.1, -0.05) is 6.92 Å². The van der Waals surface area contributed by atoms with Gasteiger partial charge in [0.2, 0.25) is 0 Å². The number of hydrogen-bond donors (Lipinski definition) is 1. The maximum atomic E-state index is 5.64. The van der Waals surface area contributed by atoms with Crippen LogP contribution in [0.2, 0.25) is 0 Å². The number of thioether (sulfide) groups is 1. The van der Waals surface area contributed by atoms with Crippen molar-refractivity contribution in [2.75, 3.05) is 11.5 Å². The van der Waals surface area contributed by atoms with Crippen LogP contribution in [0.1, 0.15) is 6.92 Å². The van der Waals surface area contributed by atoms with Gasteiger partial charge in [0.05, 0.1) is 6.20 Å². The van der Waals surface area contributed by atoms with Crippen LogP contribution in [0.5, 0.6) is 0 Å². The molecule has 0 saturated heterocycles. The molecular formula is C8H10N4S. The van der Waals surface area contributed by atoms with E-state index in [-0.39, 0.29) is 0 Å². The second kappa shape index (κ2) is 3.26. The highest BCUT2D eigenvalue weighted by Gasteiger charge is 2.04. The Balaban J connectivity index is 2.63. The Morgan fingerprint density at radius 1 is 1.62 bits per heavy atom. The van der Waals surface area contributed by atoms with Crippen molar-refractivity contribution < 1.29 is 0 Å². The number of rotatable bonds is 2. The van der Waals surface area contributed by atoms with Gasteiger partial charge < -0.3 is 10.1 Å². The smallest absolute Gasteiger partial charge is 0.169 e. The van der Waals surface area contributed by atoms with E-state index in [2.05, 4.69) is 16.9 Å². The molecule has 4 nitrogen and oxygen atoms in total. The standard InChI is InChI=1S/C8H10N4S/c1-2-13-8-7-10-3-4-12(7)5-6(9)11-8/h3-5H,2,9H2,1H3. The lowest BCUT2D eigenvalue weighted by atomic mass is 10.6. The van der Waals surface area contributed by atoms with Gasteiger partial charge in [0.15, 0.2) is 5.65 Å². The van der Waals surface area contributed by atoms with Gasteiger partial charge in [-0.25, -0.2) is 9.97 Å². The Morgan fingerprint density at radius 2 is 2.46 bits per heavy atom. The van der Waals surface area contributed by atoms with Crippen molar-refractivity contribution in [1.82, 2.24) is 14.4 Å². The molecule has 0 bridgehead atoms. The van der Waals surface area contributed by atoms with Crippen molar-refractivity contribution in [3.05, 3.63) is 18.6 Å². The number of nitrogens with zero attached hydrogens (tertiary/aromatic N) is 3. The topological polar surface area (TPSA) is 56.2 Å². The lowest BCUT2D eigenvalue weighted by Crippen LogP contribution is -1.97. The maximum absolute atomic E-state index is 5.64. The molecule has 68 valence electrons. The van der Waals surface area contributed by atoms with Gasteiger partial charge in [-0.15, -0.1) is 11.8 Å². The lowest BCUT2D eigenvalue weighted by molar-refractivity contribution is 1.04. The van der Waals surface area contributed by atoms with Crippen molar-refractivity contribution in [2.24, 2.45) is 0 Å². The van der Waals surface area contributed by atoms with Gasteiger partial charge in [0, 0.05) is 12.4 Å². The van der Waals surface area contributed by atoms with Crippen LogP contribution < -0.4 is 5.73 Å². The highest BCUT2D eigenvalue weighted by molar-refractivity contribution is 7.99. The first-order valence-electron chi connectivity index (χ1n) is 4.03. The summed E-state index contributed by atoms with van der Waals surface area (Å²) < 4.78 is 1.89. The number of hydrogen-bond acceptors (Lipinski definition) is 4. The van der Waals surface area contributed by atoms with Gasteiger partial charge in [-0.05, 0) is 5.75 Å². The summed E-state index contributed by atoms with van der Waals surface area (Å²) in [7, 11) is 0. The van der Waals surface area contributed by atoms with Gasteiger partial charge in [-0.3, -0.25) is 0 Å². The Hall–Kier alpha value is -1.23. The van der Waals surface area contributed by atoms with Gasteiger partial charge in [0.1, 0.15) is 10.8 Å². The van der Waals surface area contributed by atoms with Crippen LogP contribution in [-0.4, -0.2) is 20.1 Å². The van der Waals surface area contributed by atoms with Gasteiger partial charge in [-0.2, -0.15) is 0 Å². The Bertz CT molecular complexity index is 423. The highest BCUT2D eigenvalue weighted by Crippen LogP contribution is 2.20. The Morgan fingerprint density at radius 3 is 3.23 bits per heavy atom. The van der Waals surface area contributed by atoms with Crippen LogP contribution in [0.3, 0.4) is 0 Å². The molecule has 0 radical (unpaired) electrons. The Kier molecular flexibility index (Phi) is 2.10. The molecule has 0 atom stereocenters. The average molecular weight is 194 g/mol. The fourth-order valence-corrected chi connectivity index (χ4v) is 1.89. The molecule has 2 aromatic rings. The number of imidazole rings is 1. The highest BCUT2D eigenvalue weighted by atomic mass is 32.2. The number of anilines is 1. The van der Waals surface area contributed by atoms with Crippen molar-refractivity contribution >= 4 is 23.2 Å². The molecule has 2 heterocycles. The number of aromatic nitrogens is 3. The summed E-state index contributed by atoms with van der Waals surface area (Å²) in [5.74, 6) is 1.50. The van der Waals surface area contributed by atoms with Crippen molar-refractivity contribution in [3.8, 4) is 0 Å². The molecule has 2 aromatic heterocycles. The molecule has 0 amide bonds. The summed E-state index contributed by atoms with van der Waals surface area (Å²) in [6.45, 7) is 2.08. The van der Waals surface area contributed by atoms with Crippen molar-refractivity contribution in [2.45, 2.75) is 11.9 Å². The van der Waals surface area contributed by atoms with E-state index in [0.717, 1.165) is 16.4 Å². The molecule has 0 spiro atoms. The first-order valence-corrected chi connectivity index (χ1v) is 5.02. The van der Waals surface area contributed by atoms with E-state index >= 15 is 0 Å². The second-order valence-electron chi connectivity index (χ2n) is 2.56. The van der Waals surface area contributed by atoms with E-state index in [4.69, 9.17) is 5.73 Å².